The normalized spacial score (nSPS) is 50.8. The lowest BCUT2D eigenvalue weighted by atomic mass is 9.46. The summed E-state index contributed by atoms with van der Waals surface area (Å²) < 4.78 is 0. The Kier molecular flexibility index (Phi) is 3.46. The topological polar surface area (TPSA) is 54.4 Å². The van der Waals surface area contributed by atoms with Crippen LogP contribution < -0.4 is 0 Å². The van der Waals surface area contributed by atoms with E-state index in [9.17, 15) is 14.7 Å². The Morgan fingerprint density at radius 2 is 1.83 bits per heavy atom. The first-order chi connectivity index (χ1) is 11.2. The van der Waals surface area contributed by atoms with Gasteiger partial charge in [0.25, 0.3) is 0 Å². The van der Waals surface area contributed by atoms with Crippen LogP contribution in [0, 0.1) is 28.6 Å². The molecule has 0 heterocycles. The molecule has 0 aromatic heterocycles. The standard InChI is InChI=1S/C21H30O3/c1-4-21(24)10-7-16-14-12-18(23)17-11-13(22)5-8-19(17,2)15(14)6-9-20(16,21)3/h11,14-16,24H,4-10,12H2,1-3H3/t14-,15-,16+,19-,20+,21+/m1/s1. The number of carbonyl (C=O) groups is 2. The fourth-order valence-corrected chi connectivity index (χ4v) is 7.08. The monoisotopic (exact) mass is 330 g/mol. The summed E-state index contributed by atoms with van der Waals surface area (Å²) in [6, 6.07) is 0. The first-order valence-corrected chi connectivity index (χ1v) is 9.76. The van der Waals surface area contributed by atoms with Crippen molar-refractivity contribution in [1.29, 1.82) is 0 Å². The highest BCUT2D eigenvalue weighted by molar-refractivity contribution is 6.05. The van der Waals surface area contributed by atoms with E-state index in [2.05, 4.69) is 20.8 Å². The van der Waals surface area contributed by atoms with Gasteiger partial charge in [0.2, 0.25) is 0 Å². The van der Waals surface area contributed by atoms with Gasteiger partial charge in [-0.1, -0.05) is 20.8 Å². The number of Topliss-reactive ketones (excluding diaryl/α,β-unsaturated/α-hetero) is 1. The van der Waals surface area contributed by atoms with E-state index in [1.54, 1.807) is 6.08 Å². The SMILES string of the molecule is CC[C@]1(O)CC[C@H]2[C@@H]3CC(=O)C4=CC(=O)CC[C@]4(C)[C@@H]3CC[C@@]21C. The lowest BCUT2D eigenvalue weighted by Crippen LogP contribution is -2.56. The van der Waals surface area contributed by atoms with E-state index in [0.29, 0.717) is 30.6 Å². The predicted octanol–water partition coefficient (Wildman–Crippen LogP) is 3.84. The molecule has 3 fully saturated rings. The Bertz CT molecular complexity index is 635. The van der Waals surface area contributed by atoms with Crippen molar-refractivity contribution in [3.8, 4) is 0 Å². The highest BCUT2D eigenvalue weighted by atomic mass is 16.3. The molecule has 3 nitrogen and oxygen atoms in total. The molecule has 0 radical (unpaired) electrons. The summed E-state index contributed by atoms with van der Waals surface area (Å²) in [6.45, 7) is 6.59. The summed E-state index contributed by atoms with van der Waals surface area (Å²) in [4.78, 5) is 24.7. The van der Waals surface area contributed by atoms with Crippen LogP contribution in [0.15, 0.2) is 11.6 Å². The van der Waals surface area contributed by atoms with E-state index in [1.165, 1.54) is 0 Å². The molecule has 0 saturated heterocycles. The molecule has 132 valence electrons. The number of ketones is 2. The summed E-state index contributed by atoms with van der Waals surface area (Å²) in [5.74, 6) is 1.64. The molecule has 0 amide bonds. The Hall–Kier alpha value is -0.960. The minimum atomic E-state index is -0.564. The van der Waals surface area contributed by atoms with Crippen LogP contribution in [-0.4, -0.2) is 22.3 Å². The van der Waals surface area contributed by atoms with Crippen LogP contribution in [0.5, 0.6) is 0 Å². The first kappa shape index (κ1) is 16.5. The number of hydrogen-bond acceptors (Lipinski definition) is 3. The molecule has 6 atom stereocenters. The van der Waals surface area contributed by atoms with E-state index in [4.69, 9.17) is 0 Å². The number of hydrogen-bond donors (Lipinski definition) is 1. The molecule has 3 heteroatoms. The van der Waals surface area contributed by atoms with Gasteiger partial charge in [0.15, 0.2) is 11.6 Å². The molecule has 3 saturated carbocycles. The maximum Gasteiger partial charge on any atom is 0.159 e. The maximum absolute atomic E-state index is 12.9. The van der Waals surface area contributed by atoms with E-state index in [1.807, 2.05) is 0 Å². The second kappa shape index (κ2) is 5.03. The lowest BCUT2D eigenvalue weighted by Gasteiger charge is -2.58. The van der Waals surface area contributed by atoms with Crippen LogP contribution in [0.1, 0.15) is 72.1 Å². The van der Waals surface area contributed by atoms with Gasteiger partial charge in [-0.25, -0.2) is 0 Å². The van der Waals surface area contributed by atoms with Gasteiger partial charge in [-0.15, -0.1) is 0 Å². The molecule has 0 bridgehead atoms. The minimum absolute atomic E-state index is 0.0503. The average molecular weight is 330 g/mol. The zero-order chi connectivity index (χ0) is 17.3. The quantitative estimate of drug-likeness (QED) is 0.795. The third kappa shape index (κ3) is 1.88. The third-order valence-electron chi connectivity index (χ3n) is 8.69. The zero-order valence-electron chi connectivity index (χ0n) is 15.2. The van der Waals surface area contributed by atoms with Crippen molar-refractivity contribution in [2.24, 2.45) is 28.6 Å². The minimum Gasteiger partial charge on any atom is -0.389 e. The Morgan fingerprint density at radius 1 is 1.12 bits per heavy atom. The van der Waals surface area contributed by atoms with Crippen LogP contribution >= 0.6 is 0 Å². The first-order valence-electron chi connectivity index (χ1n) is 9.76. The number of aliphatic hydroxyl groups is 1. The molecule has 0 aliphatic heterocycles. The summed E-state index contributed by atoms with van der Waals surface area (Å²) in [5, 5.41) is 11.2. The Balaban J connectivity index is 1.74. The number of fused-ring (bicyclic) bond motifs is 5. The van der Waals surface area contributed by atoms with Crippen LogP contribution in [0.25, 0.3) is 0 Å². The fourth-order valence-electron chi connectivity index (χ4n) is 7.08. The highest BCUT2D eigenvalue weighted by Crippen LogP contribution is 2.67. The maximum atomic E-state index is 12.9. The van der Waals surface area contributed by atoms with Gasteiger partial charge < -0.3 is 5.11 Å². The van der Waals surface area contributed by atoms with Crippen molar-refractivity contribution in [2.75, 3.05) is 0 Å². The van der Waals surface area contributed by atoms with Gasteiger partial charge in [-0.05, 0) is 73.2 Å². The Morgan fingerprint density at radius 3 is 2.54 bits per heavy atom. The van der Waals surface area contributed by atoms with E-state index in [-0.39, 0.29) is 22.4 Å². The highest BCUT2D eigenvalue weighted by Gasteiger charge is 2.64. The molecular formula is C21H30O3. The second-order valence-electron chi connectivity index (χ2n) is 9.33. The summed E-state index contributed by atoms with van der Waals surface area (Å²) in [7, 11) is 0. The number of carbonyl (C=O) groups excluding carboxylic acids is 2. The van der Waals surface area contributed by atoms with Gasteiger partial charge in [-0.2, -0.15) is 0 Å². The van der Waals surface area contributed by atoms with Crippen molar-refractivity contribution in [2.45, 2.75) is 77.7 Å². The average Bonchev–Trinajstić information content (AvgIpc) is 2.82. The predicted molar refractivity (Wildman–Crippen MR) is 92.3 cm³/mol. The molecule has 0 aromatic carbocycles. The third-order valence-corrected chi connectivity index (χ3v) is 8.69. The smallest absolute Gasteiger partial charge is 0.159 e. The molecule has 24 heavy (non-hydrogen) atoms. The van der Waals surface area contributed by atoms with Crippen molar-refractivity contribution in [3.05, 3.63) is 11.6 Å². The van der Waals surface area contributed by atoms with Gasteiger partial charge in [0.05, 0.1) is 5.60 Å². The molecular weight excluding hydrogens is 300 g/mol. The van der Waals surface area contributed by atoms with E-state index in [0.717, 1.165) is 44.1 Å². The fraction of sp³-hybridized carbons (Fsp3) is 0.810. The van der Waals surface area contributed by atoms with Crippen molar-refractivity contribution in [1.82, 2.24) is 0 Å². The van der Waals surface area contributed by atoms with Crippen LogP contribution in [-0.2, 0) is 9.59 Å². The Labute approximate surface area is 144 Å². The van der Waals surface area contributed by atoms with Gasteiger partial charge in [0.1, 0.15) is 0 Å². The molecule has 4 aliphatic carbocycles. The number of allylic oxidation sites excluding steroid dienone is 1. The van der Waals surface area contributed by atoms with Gasteiger partial charge >= 0.3 is 0 Å². The largest absolute Gasteiger partial charge is 0.389 e. The van der Waals surface area contributed by atoms with E-state index < -0.39 is 5.60 Å². The lowest BCUT2D eigenvalue weighted by molar-refractivity contribution is -0.143. The van der Waals surface area contributed by atoms with Crippen LogP contribution in [0.4, 0.5) is 0 Å². The molecule has 4 rings (SSSR count). The second-order valence-corrected chi connectivity index (χ2v) is 9.33. The van der Waals surface area contributed by atoms with Crippen molar-refractivity contribution in [3.63, 3.8) is 0 Å². The van der Waals surface area contributed by atoms with Gasteiger partial charge in [-0.3, -0.25) is 9.59 Å². The molecule has 0 aromatic rings. The van der Waals surface area contributed by atoms with Gasteiger partial charge in [0, 0.05) is 18.4 Å². The zero-order valence-corrected chi connectivity index (χ0v) is 15.2. The van der Waals surface area contributed by atoms with Crippen molar-refractivity contribution < 1.29 is 14.7 Å². The summed E-state index contributed by atoms with van der Waals surface area (Å²) in [6.07, 6.45) is 8.50. The molecule has 0 unspecified atom stereocenters. The molecule has 0 spiro atoms. The summed E-state index contributed by atoms with van der Waals surface area (Å²) in [5.41, 5.74) is 0.0749. The molecule has 1 N–H and O–H groups in total. The van der Waals surface area contributed by atoms with Crippen LogP contribution in [0.3, 0.4) is 0 Å². The van der Waals surface area contributed by atoms with Crippen molar-refractivity contribution >= 4 is 11.6 Å². The molecule has 4 aliphatic rings. The van der Waals surface area contributed by atoms with Crippen LogP contribution in [0.2, 0.25) is 0 Å². The summed E-state index contributed by atoms with van der Waals surface area (Å²) >= 11 is 0. The van der Waals surface area contributed by atoms with E-state index >= 15 is 0 Å². The number of rotatable bonds is 1.